The largest absolute Gasteiger partial charge is 0.462 e. The third-order valence-electron chi connectivity index (χ3n) is 7.71. The molecular formula is C33H36N2O5. The van der Waals surface area contributed by atoms with E-state index in [0.29, 0.717) is 12.0 Å². The summed E-state index contributed by atoms with van der Waals surface area (Å²) in [4.78, 5) is 37.6. The number of ketones is 1. The van der Waals surface area contributed by atoms with E-state index in [9.17, 15) is 19.7 Å². The van der Waals surface area contributed by atoms with Gasteiger partial charge in [0, 0.05) is 17.5 Å². The summed E-state index contributed by atoms with van der Waals surface area (Å²) >= 11 is 0. The first-order chi connectivity index (χ1) is 19.4. The van der Waals surface area contributed by atoms with Crippen LogP contribution in [0.1, 0.15) is 55.7 Å². The molecule has 0 unspecified atom stereocenters. The molecular weight excluding hydrogens is 504 g/mol. The minimum Gasteiger partial charge on any atom is -0.462 e. The van der Waals surface area contributed by atoms with E-state index in [1.54, 1.807) is 6.07 Å². The molecule has 0 aliphatic carbocycles. The molecule has 0 aromatic heterocycles. The van der Waals surface area contributed by atoms with Crippen molar-refractivity contribution in [3.63, 3.8) is 0 Å². The minimum absolute atomic E-state index is 0.0415. The molecule has 1 aliphatic heterocycles. The summed E-state index contributed by atoms with van der Waals surface area (Å²) in [7, 11) is 0. The Morgan fingerprint density at radius 3 is 2.10 bits per heavy atom. The molecule has 0 radical (unpaired) electrons. The molecule has 3 aromatic carbocycles. The van der Waals surface area contributed by atoms with Crippen LogP contribution in [0.5, 0.6) is 0 Å². The number of carbonyl (C=O) groups excluding carboxylic acids is 2. The summed E-state index contributed by atoms with van der Waals surface area (Å²) in [6.07, 6.45) is 6.12. The molecule has 1 saturated heterocycles. The van der Waals surface area contributed by atoms with Crippen molar-refractivity contribution in [3.8, 4) is 0 Å². The van der Waals surface area contributed by atoms with Gasteiger partial charge in [-0.1, -0.05) is 72.8 Å². The van der Waals surface area contributed by atoms with Crippen LogP contribution in [0.25, 0.3) is 6.08 Å². The Hall–Kier alpha value is -4.10. The van der Waals surface area contributed by atoms with Gasteiger partial charge in [-0.2, -0.15) is 0 Å². The van der Waals surface area contributed by atoms with Crippen molar-refractivity contribution in [2.75, 3.05) is 26.2 Å². The maximum absolute atomic E-state index is 12.5. The number of hydrogen-bond donors (Lipinski definition) is 0. The highest BCUT2D eigenvalue weighted by molar-refractivity contribution is 6.19. The van der Waals surface area contributed by atoms with Crippen molar-refractivity contribution < 1.29 is 19.2 Å². The highest BCUT2D eigenvalue weighted by Gasteiger charge is 2.37. The average molecular weight is 541 g/mol. The Labute approximate surface area is 235 Å². The number of non-ortho nitro benzene ring substituents is 1. The Balaban J connectivity index is 1.23. The lowest BCUT2D eigenvalue weighted by Gasteiger charge is -2.43. The van der Waals surface area contributed by atoms with Crippen LogP contribution < -0.4 is 0 Å². The third-order valence-corrected chi connectivity index (χ3v) is 7.71. The van der Waals surface area contributed by atoms with E-state index in [0.717, 1.165) is 45.3 Å². The normalized spacial score (nSPS) is 15.4. The molecule has 7 nitrogen and oxygen atoms in total. The molecule has 0 saturated carbocycles. The standard InChI is InChI=1S/C33H36N2O5/c1-26(36)31(25-27-12-11-17-30(24-27)35(38)39)32(37)40-23-10-4-9-20-34-21-18-33(19-22-34,28-13-5-2-6-14-28)29-15-7-3-8-16-29/h2-3,5-8,11-17,24-25H,4,9-10,18-23H2,1H3. The van der Waals surface area contributed by atoms with E-state index in [-0.39, 0.29) is 23.3 Å². The van der Waals surface area contributed by atoms with Gasteiger partial charge in [0.1, 0.15) is 5.57 Å². The van der Waals surface area contributed by atoms with Crippen LogP contribution in [-0.4, -0.2) is 47.8 Å². The summed E-state index contributed by atoms with van der Waals surface area (Å²) in [5.74, 6) is -1.14. The van der Waals surface area contributed by atoms with Crippen LogP contribution in [0.4, 0.5) is 5.69 Å². The number of nitro groups is 1. The van der Waals surface area contributed by atoms with Crippen molar-refractivity contribution in [2.24, 2.45) is 0 Å². The van der Waals surface area contributed by atoms with Gasteiger partial charge >= 0.3 is 5.97 Å². The second-order valence-electron chi connectivity index (χ2n) is 10.3. The first-order valence-electron chi connectivity index (χ1n) is 13.9. The third kappa shape index (κ3) is 7.30. The molecule has 0 bridgehead atoms. The summed E-state index contributed by atoms with van der Waals surface area (Å²) in [6.45, 7) is 4.57. The molecule has 1 heterocycles. The first-order valence-corrected chi connectivity index (χ1v) is 13.9. The monoisotopic (exact) mass is 540 g/mol. The highest BCUT2D eigenvalue weighted by Crippen LogP contribution is 2.41. The zero-order valence-corrected chi connectivity index (χ0v) is 23.0. The Bertz CT molecular complexity index is 1290. The Kier molecular flexibility index (Phi) is 9.97. The van der Waals surface area contributed by atoms with Crippen molar-refractivity contribution in [1.29, 1.82) is 0 Å². The Morgan fingerprint density at radius 1 is 0.900 bits per heavy atom. The highest BCUT2D eigenvalue weighted by atomic mass is 16.6. The maximum Gasteiger partial charge on any atom is 0.341 e. The molecule has 208 valence electrons. The fourth-order valence-electron chi connectivity index (χ4n) is 5.47. The van der Waals surface area contributed by atoms with E-state index in [1.165, 1.54) is 42.3 Å². The lowest BCUT2D eigenvalue weighted by molar-refractivity contribution is -0.384. The molecule has 4 rings (SSSR count). The number of esters is 1. The van der Waals surface area contributed by atoms with Crippen molar-refractivity contribution in [2.45, 2.75) is 44.4 Å². The molecule has 1 fully saturated rings. The van der Waals surface area contributed by atoms with Gasteiger partial charge in [0.05, 0.1) is 11.5 Å². The zero-order valence-electron chi connectivity index (χ0n) is 23.0. The molecule has 3 aromatic rings. The van der Waals surface area contributed by atoms with Crippen LogP contribution >= 0.6 is 0 Å². The second kappa shape index (κ2) is 13.8. The fourth-order valence-corrected chi connectivity index (χ4v) is 5.47. The lowest BCUT2D eigenvalue weighted by Crippen LogP contribution is -2.43. The molecule has 7 heteroatoms. The van der Waals surface area contributed by atoms with E-state index in [2.05, 4.69) is 65.6 Å². The summed E-state index contributed by atoms with van der Waals surface area (Å²) in [6, 6.07) is 27.4. The maximum atomic E-state index is 12.5. The predicted octanol–water partition coefficient (Wildman–Crippen LogP) is 6.36. The molecule has 0 atom stereocenters. The van der Waals surface area contributed by atoms with Gasteiger partial charge in [0.15, 0.2) is 5.78 Å². The number of likely N-dealkylation sites (tertiary alicyclic amines) is 1. The smallest absolute Gasteiger partial charge is 0.341 e. The molecule has 1 aliphatic rings. The molecule has 0 amide bonds. The number of hydrogen-bond acceptors (Lipinski definition) is 6. The van der Waals surface area contributed by atoms with Crippen molar-refractivity contribution in [1.82, 2.24) is 4.90 Å². The van der Waals surface area contributed by atoms with E-state index in [1.807, 2.05) is 0 Å². The van der Waals surface area contributed by atoms with Crippen LogP contribution in [0, 0.1) is 10.1 Å². The van der Waals surface area contributed by atoms with Crippen LogP contribution in [0.15, 0.2) is 90.5 Å². The van der Waals surface area contributed by atoms with Crippen LogP contribution in [-0.2, 0) is 19.7 Å². The SMILES string of the molecule is CC(=O)C(=Cc1cccc([N+](=O)[O-])c1)C(=O)OCCCCCN1CCC(c2ccccc2)(c2ccccc2)CC1. The predicted molar refractivity (Wildman–Crippen MR) is 156 cm³/mol. The van der Waals surface area contributed by atoms with Crippen LogP contribution in [0.2, 0.25) is 0 Å². The quantitative estimate of drug-likeness (QED) is 0.0505. The number of carbonyl (C=O) groups is 2. The fraction of sp³-hybridized carbons (Fsp3) is 0.333. The number of nitrogens with zero attached hydrogens (tertiary/aromatic N) is 2. The van der Waals surface area contributed by atoms with Gasteiger partial charge in [-0.25, -0.2) is 4.79 Å². The number of nitro benzene ring substituents is 1. The van der Waals surface area contributed by atoms with Crippen molar-refractivity contribution in [3.05, 3.63) is 117 Å². The molecule has 40 heavy (non-hydrogen) atoms. The lowest BCUT2D eigenvalue weighted by atomic mass is 9.68. The van der Waals surface area contributed by atoms with Gasteiger partial charge in [0.2, 0.25) is 0 Å². The van der Waals surface area contributed by atoms with Gasteiger partial charge in [-0.15, -0.1) is 0 Å². The van der Waals surface area contributed by atoms with Gasteiger partial charge in [0.25, 0.3) is 5.69 Å². The minimum atomic E-state index is -0.701. The molecule has 0 N–H and O–H groups in total. The van der Waals surface area contributed by atoms with E-state index < -0.39 is 16.7 Å². The number of Topliss-reactive ketones (excluding diaryl/α,β-unsaturated/α-hetero) is 1. The van der Waals surface area contributed by atoms with Gasteiger partial charge in [-0.05, 0) is 81.4 Å². The topological polar surface area (TPSA) is 89.8 Å². The van der Waals surface area contributed by atoms with E-state index >= 15 is 0 Å². The van der Waals surface area contributed by atoms with Crippen molar-refractivity contribution >= 4 is 23.5 Å². The summed E-state index contributed by atoms with van der Waals surface area (Å²) in [5, 5.41) is 11.0. The summed E-state index contributed by atoms with van der Waals surface area (Å²) in [5.41, 5.74) is 2.99. The number of rotatable bonds is 12. The number of unbranched alkanes of at least 4 members (excludes halogenated alkanes) is 2. The van der Waals surface area contributed by atoms with Gasteiger partial charge in [-0.3, -0.25) is 14.9 Å². The first kappa shape index (κ1) is 28.9. The average Bonchev–Trinajstić information content (AvgIpc) is 2.98. The number of piperidine rings is 1. The van der Waals surface area contributed by atoms with E-state index in [4.69, 9.17) is 4.74 Å². The second-order valence-corrected chi connectivity index (χ2v) is 10.3. The Morgan fingerprint density at radius 2 is 1.52 bits per heavy atom. The zero-order chi connectivity index (χ0) is 28.4. The summed E-state index contributed by atoms with van der Waals surface area (Å²) < 4.78 is 5.36. The molecule has 0 spiro atoms. The van der Waals surface area contributed by atoms with Gasteiger partial charge < -0.3 is 9.64 Å². The number of ether oxygens (including phenoxy) is 1. The van der Waals surface area contributed by atoms with Crippen LogP contribution in [0.3, 0.4) is 0 Å². The number of benzene rings is 3.